The van der Waals surface area contributed by atoms with Crippen LogP contribution in [0.5, 0.6) is 5.75 Å². The second-order valence-electron chi connectivity index (χ2n) is 6.05. The molecule has 1 heterocycles. The average Bonchev–Trinajstić information content (AvgIpc) is 2.60. The Morgan fingerprint density at radius 2 is 1.67 bits per heavy atom. The van der Waals surface area contributed by atoms with Crippen molar-refractivity contribution in [3.05, 3.63) is 65.2 Å². The van der Waals surface area contributed by atoms with Gasteiger partial charge in [-0.2, -0.15) is 0 Å². The fraction of sp³-hybridized carbons (Fsp3) is 0.368. The minimum Gasteiger partial charge on any atom is -0.497 e. The lowest BCUT2D eigenvalue weighted by atomic mass is 9.82. The van der Waals surface area contributed by atoms with Crippen molar-refractivity contribution < 1.29 is 18.3 Å². The number of hydrogen-bond acceptors (Lipinski definition) is 3. The predicted molar refractivity (Wildman–Crippen MR) is 87.9 cm³/mol. The molecule has 24 heavy (non-hydrogen) atoms. The standard InChI is InChI=1S/C19H21F2NO2/c1-23-18-4-2-15(3-5-18)19(6-8-24-9-7-19)22-13-14-10-16(20)12-17(21)11-14/h2-5,10-12,22H,6-9,13H2,1H3. The van der Waals surface area contributed by atoms with Crippen molar-refractivity contribution >= 4 is 0 Å². The molecule has 0 radical (unpaired) electrons. The maximum atomic E-state index is 13.4. The molecule has 0 spiro atoms. The highest BCUT2D eigenvalue weighted by Gasteiger charge is 2.33. The summed E-state index contributed by atoms with van der Waals surface area (Å²) in [6.45, 7) is 1.69. The summed E-state index contributed by atoms with van der Waals surface area (Å²) in [7, 11) is 1.63. The number of rotatable bonds is 5. The normalized spacial score (nSPS) is 16.8. The molecule has 1 fully saturated rings. The SMILES string of the molecule is COc1ccc(C2(NCc3cc(F)cc(F)c3)CCOCC2)cc1. The largest absolute Gasteiger partial charge is 0.497 e. The van der Waals surface area contributed by atoms with Crippen molar-refractivity contribution in [1.29, 1.82) is 0 Å². The molecule has 2 aromatic carbocycles. The molecule has 0 atom stereocenters. The van der Waals surface area contributed by atoms with E-state index in [-0.39, 0.29) is 5.54 Å². The summed E-state index contributed by atoms with van der Waals surface area (Å²) >= 11 is 0. The molecule has 0 saturated carbocycles. The maximum Gasteiger partial charge on any atom is 0.126 e. The van der Waals surface area contributed by atoms with Gasteiger partial charge in [0.15, 0.2) is 0 Å². The Labute approximate surface area is 140 Å². The van der Waals surface area contributed by atoms with Crippen LogP contribution in [0.25, 0.3) is 0 Å². The zero-order valence-corrected chi connectivity index (χ0v) is 13.6. The van der Waals surface area contributed by atoms with Gasteiger partial charge in [0, 0.05) is 31.4 Å². The molecule has 1 saturated heterocycles. The fourth-order valence-electron chi connectivity index (χ4n) is 3.18. The van der Waals surface area contributed by atoms with Crippen LogP contribution in [0.15, 0.2) is 42.5 Å². The van der Waals surface area contributed by atoms with Crippen molar-refractivity contribution in [2.45, 2.75) is 24.9 Å². The van der Waals surface area contributed by atoms with E-state index < -0.39 is 11.6 Å². The molecule has 1 N–H and O–H groups in total. The molecule has 0 amide bonds. The molecular weight excluding hydrogens is 312 g/mol. The van der Waals surface area contributed by atoms with Gasteiger partial charge in [0.1, 0.15) is 17.4 Å². The van der Waals surface area contributed by atoms with E-state index >= 15 is 0 Å². The molecule has 0 aliphatic carbocycles. The van der Waals surface area contributed by atoms with Crippen LogP contribution < -0.4 is 10.1 Å². The molecule has 3 rings (SSSR count). The van der Waals surface area contributed by atoms with Crippen molar-refractivity contribution in [1.82, 2.24) is 5.32 Å². The van der Waals surface area contributed by atoms with E-state index in [0.29, 0.717) is 25.3 Å². The molecule has 1 aliphatic heterocycles. The predicted octanol–water partition coefficient (Wildman–Crippen LogP) is 3.77. The summed E-state index contributed by atoms with van der Waals surface area (Å²) in [5.41, 5.74) is 1.45. The van der Waals surface area contributed by atoms with E-state index in [4.69, 9.17) is 9.47 Å². The summed E-state index contributed by atoms with van der Waals surface area (Å²) in [6.07, 6.45) is 1.61. The highest BCUT2D eigenvalue weighted by Crippen LogP contribution is 2.33. The lowest BCUT2D eigenvalue weighted by Crippen LogP contribution is -2.46. The summed E-state index contributed by atoms with van der Waals surface area (Å²) in [5, 5.41) is 3.51. The van der Waals surface area contributed by atoms with Crippen LogP contribution in [0.1, 0.15) is 24.0 Å². The number of halogens is 2. The number of nitrogens with one attached hydrogen (secondary N) is 1. The monoisotopic (exact) mass is 333 g/mol. The first-order valence-corrected chi connectivity index (χ1v) is 8.04. The Bertz CT molecular complexity index is 662. The van der Waals surface area contributed by atoms with Crippen LogP contribution in [-0.4, -0.2) is 20.3 Å². The first-order valence-electron chi connectivity index (χ1n) is 8.04. The van der Waals surface area contributed by atoms with Crippen LogP contribution in [-0.2, 0) is 16.8 Å². The molecular formula is C19H21F2NO2. The Hall–Kier alpha value is -1.98. The van der Waals surface area contributed by atoms with E-state index in [2.05, 4.69) is 5.32 Å². The van der Waals surface area contributed by atoms with E-state index in [1.807, 2.05) is 24.3 Å². The lowest BCUT2D eigenvalue weighted by molar-refractivity contribution is 0.0357. The third kappa shape index (κ3) is 3.74. The van der Waals surface area contributed by atoms with Crippen molar-refractivity contribution in [2.24, 2.45) is 0 Å². The van der Waals surface area contributed by atoms with Crippen molar-refractivity contribution in [2.75, 3.05) is 20.3 Å². The molecule has 5 heteroatoms. The third-order valence-electron chi connectivity index (χ3n) is 4.54. The quantitative estimate of drug-likeness (QED) is 0.903. The number of methoxy groups -OCH3 is 1. The lowest BCUT2D eigenvalue weighted by Gasteiger charge is -2.39. The summed E-state index contributed by atoms with van der Waals surface area (Å²) < 4.78 is 37.5. The van der Waals surface area contributed by atoms with Crippen LogP contribution in [0, 0.1) is 11.6 Å². The second-order valence-corrected chi connectivity index (χ2v) is 6.05. The Morgan fingerprint density at radius 1 is 1.04 bits per heavy atom. The van der Waals surface area contributed by atoms with Crippen molar-refractivity contribution in [3.63, 3.8) is 0 Å². The van der Waals surface area contributed by atoms with Gasteiger partial charge in [-0.15, -0.1) is 0 Å². The van der Waals surface area contributed by atoms with Crippen LogP contribution in [0.2, 0.25) is 0 Å². The molecule has 0 aromatic heterocycles. The van der Waals surface area contributed by atoms with Gasteiger partial charge in [0.2, 0.25) is 0 Å². The molecule has 3 nitrogen and oxygen atoms in total. The molecule has 2 aromatic rings. The zero-order chi connectivity index (χ0) is 17.0. The van der Waals surface area contributed by atoms with E-state index in [1.54, 1.807) is 7.11 Å². The maximum absolute atomic E-state index is 13.4. The zero-order valence-electron chi connectivity index (χ0n) is 13.6. The molecule has 0 unspecified atom stereocenters. The van der Waals surface area contributed by atoms with Crippen LogP contribution >= 0.6 is 0 Å². The van der Waals surface area contributed by atoms with E-state index in [9.17, 15) is 8.78 Å². The molecule has 1 aliphatic rings. The summed E-state index contributed by atoms with van der Waals surface area (Å²) in [4.78, 5) is 0. The summed E-state index contributed by atoms with van der Waals surface area (Å²) in [5.74, 6) is -0.317. The Morgan fingerprint density at radius 3 is 2.25 bits per heavy atom. The first-order chi connectivity index (χ1) is 11.6. The molecule has 128 valence electrons. The number of ether oxygens (including phenoxy) is 2. The minimum atomic E-state index is -0.558. The van der Waals surface area contributed by atoms with Gasteiger partial charge in [-0.1, -0.05) is 12.1 Å². The van der Waals surface area contributed by atoms with E-state index in [0.717, 1.165) is 30.2 Å². The number of hydrogen-bond donors (Lipinski definition) is 1. The van der Waals surface area contributed by atoms with E-state index in [1.165, 1.54) is 12.1 Å². The third-order valence-corrected chi connectivity index (χ3v) is 4.54. The summed E-state index contributed by atoms with van der Waals surface area (Å²) in [6, 6.07) is 11.5. The second kappa shape index (κ2) is 7.28. The van der Waals surface area contributed by atoms with Gasteiger partial charge >= 0.3 is 0 Å². The van der Waals surface area contributed by atoms with Crippen LogP contribution in [0.3, 0.4) is 0 Å². The first kappa shape index (κ1) is 16.9. The Kier molecular flexibility index (Phi) is 5.11. The van der Waals surface area contributed by atoms with Gasteiger partial charge in [-0.3, -0.25) is 0 Å². The topological polar surface area (TPSA) is 30.5 Å². The van der Waals surface area contributed by atoms with Gasteiger partial charge in [-0.05, 0) is 48.2 Å². The van der Waals surface area contributed by atoms with Gasteiger partial charge in [0.05, 0.1) is 7.11 Å². The van der Waals surface area contributed by atoms with Crippen LogP contribution in [0.4, 0.5) is 8.78 Å². The van der Waals surface area contributed by atoms with Gasteiger partial charge < -0.3 is 14.8 Å². The fourth-order valence-corrected chi connectivity index (χ4v) is 3.18. The molecule has 0 bridgehead atoms. The van der Waals surface area contributed by atoms with Crippen molar-refractivity contribution in [3.8, 4) is 5.75 Å². The van der Waals surface area contributed by atoms with Gasteiger partial charge in [-0.25, -0.2) is 8.78 Å². The highest BCUT2D eigenvalue weighted by molar-refractivity contribution is 5.32. The smallest absolute Gasteiger partial charge is 0.126 e. The average molecular weight is 333 g/mol. The highest BCUT2D eigenvalue weighted by atomic mass is 19.1. The van der Waals surface area contributed by atoms with Gasteiger partial charge in [0.25, 0.3) is 0 Å². The number of benzene rings is 2. The minimum absolute atomic E-state index is 0.271. The Balaban J connectivity index is 1.82.